The fraction of sp³-hybridized carbons (Fsp3) is 0.278. The van der Waals surface area contributed by atoms with Crippen LogP contribution in [-0.2, 0) is 21.4 Å². The SMILES string of the molecule is COc1cccc(N(CC(=O)N(C)Cc2nc(-c3cccs3)no2)S(C)(=O)=O)c1. The van der Waals surface area contributed by atoms with Crippen molar-refractivity contribution in [3.8, 4) is 16.5 Å². The maximum Gasteiger partial charge on any atom is 0.246 e. The summed E-state index contributed by atoms with van der Waals surface area (Å²) in [7, 11) is -0.661. The number of hydrogen-bond donors (Lipinski definition) is 0. The molecule has 0 aliphatic rings. The predicted molar refractivity (Wildman–Crippen MR) is 109 cm³/mol. The number of rotatable bonds is 8. The molecule has 0 fully saturated rings. The number of thiophene rings is 1. The highest BCUT2D eigenvalue weighted by atomic mass is 32.2. The molecule has 1 aromatic carbocycles. The van der Waals surface area contributed by atoms with E-state index in [0.717, 1.165) is 15.4 Å². The fourth-order valence-corrected chi connectivity index (χ4v) is 4.02. The zero-order valence-corrected chi connectivity index (χ0v) is 17.7. The Kier molecular flexibility index (Phi) is 6.18. The fourth-order valence-electron chi connectivity index (χ4n) is 2.53. The molecule has 0 saturated carbocycles. The van der Waals surface area contributed by atoms with Gasteiger partial charge in [-0.25, -0.2) is 8.42 Å². The summed E-state index contributed by atoms with van der Waals surface area (Å²) in [5, 5.41) is 5.81. The molecular formula is C18H20N4O5S2. The van der Waals surface area contributed by atoms with Gasteiger partial charge in [0.05, 0.1) is 30.5 Å². The maximum absolute atomic E-state index is 12.7. The van der Waals surface area contributed by atoms with E-state index in [1.165, 1.54) is 23.3 Å². The Hall–Kier alpha value is -2.92. The third-order valence-corrected chi connectivity index (χ3v) is 6.03. The molecule has 154 valence electrons. The smallest absolute Gasteiger partial charge is 0.246 e. The summed E-state index contributed by atoms with van der Waals surface area (Å²) in [6.45, 7) is -0.304. The van der Waals surface area contributed by atoms with E-state index in [9.17, 15) is 13.2 Å². The third-order valence-electron chi connectivity index (χ3n) is 4.03. The number of anilines is 1. The molecule has 3 aromatic rings. The molecule has 2 heterocycles. The van der Waals surface area contributed by atoms with E-state index in [1.807, 2.05) is 17.5 Å². The number of carbonyl (C=O) groups excluding carboxylic acids is 1. The molecule has 2 aromatic heterocycles. The number of sulfonamides is 1. The van der Waals surface area contributed by atoms with Crippen LogP contribution in [0.25, 0.3) is 10.7 Å². The van der Waals surface area contributed by atoms with Crippen LogP contribution >= 0.6 is 11.3 Å². The van der Waals surface area contributed by atoms with Crippen molar-refractivity contribution >= 4 is 33.0 Å². The average Bonchev–Trinajstić information content (AvgIpc) is 3.36. The molecule has 29 heavy (non-hydrogen) atoms. The Morgan fingerprint density at radius 1 is 1.28 bits per heavy atom. The average molecular weight is 437 g/mol. The van der Waals surface area contributed by atoms with Crippen molar-refractivity contribution in [3.05, 3.63) is 47.7 Å². The number of amides is 1. The number of aromatic nitrogens is 2. The quantitative estimate of drug-likeness (QED) is 0.533. The molecule has 0 saturated heterocycles. The van der Waals surface area contributed by atoms with Crippen molar-refractivity contribution in [2.45, 2.75) is 6.54 Å². The number of nitrogens with zero attached hydrogens (tertiary/aromatic N) is 4. The second-order valence-corrected chi connectivity index (χ2v) is 9.06. The minimum atomic E-state index is -3.69. The minimum absolute atomic E-state index is 0.0624. The maximum atomic E-state index is 12.7. The van der Waals surface area contributed by atoms with Gasteiger partial charge in [-0.2, -0.15) is 4.98 Å². The summed E-state index contributed by atoms with van der Waals surface area (Å²) in [5.74, 6) is 0.777. The molecule has 1 amide bonds. The van der Waals surface area contributed by atoms with Crippen LogP contribution in [0.1, 0.15) is 5.89 Å². The first kappa shape index (κ1) is 20.8. The minimum Gasteiger partial charge on any atom is -0.497 e. The van der Waals surface area contributed by atoms with E-state index >= 15 is 0 Å². The van der Waals surface area contributed by atoms with Gasteiger partial charge in [0.1, 0.15) is 12.3 Å². The number of methoxy groups -OCH3 is 1. The molecule has 0 aliphatic heterocycles. The Bertz CT molecular complexity index is 1080. The molecule has 0 radical (unpaired) electrons. The first-order chi connectivity index (χ1) is 13.8. The number of likely N-dealkylation sites (N-methyl/N-ethyl adjacent to an activating group) is 1. The lowest BCUT2D eigenvalue weighted by atomic mass is 10.3. The van der Waals surface area contributed by atoms with Gasteiger partial charge in [0, 0.05) is 13.1 Å². The lowest BCUT2D eigenvalue weighted by molar-refractivity contribution is -0.129. The molecule has 0 bridgehead atoms. The highest BCUT2D eigenvalue weighted by Crippen LogP contribution is 2.24. The molecule has 11 heteroatoms. The van der Waals surface area contributed by atoms with Crippen molar-refractivity contribution in [2.24, 2.45) is 0 Å². The molecule has 0 spiro atoms. The highest BCUT2D eigenvalue weighted by Gasteiger charge is 2.24. The molecule has 0 atom stereocenters. The first-order valence-corrected chi connectivity index (χ1v) is 11.2. The number of benzene rings is 1. The largest absolute Gasteiger partial charge is 0.497 e. The summed E-state index contributed by atoms with van der Waals surface area (Å²) in [6.07, 6.45) is 1.05. The van der Waals surface area contributed by atoms with Gasteiger partial charge in [-0.3, -0.25) is 9.10 Å². The molecule has 9 nitrogen and oxygen atoms in total. The highest BCUT2D eigenvalue weighted by molar-refractivity contribution is 7.92. The second kappa shape index (κ2) is 8.62. The zero-order chi connectivity index (χ0) is 21.0. The van der Waals surface area contributed by atoms with E-state index in [0.29, 0.717) is 17.3 Å². The molecular weight excluding hydrogens is 416 g/mol. The molecule has 0 aliphatic carbocycles. The van der Waals surface area contributed by atoms with Crippen LogP contribution in [0, 0.1) is 0 Å². The van der Waals surface area contributed by atoms with Crippen LogP contribution in [0.4, 0.5) is 5.69 Å². The third kappa shape index (κ3) is 5.12. The number of ether oxygens (including phenoxy) is 1. The van der Waals surface area contributed by atoms with Gasteiger partial charge < -0.3 is 14.2 Å². The topological polar surface area (TPSA) is 106 Å². The van der Waals surface area contributed by atoms with Crippen molar-refractivity contribution in [3.63, 3.8) is 0 Å². The molecule has 0 N–H and O–H groups in total. The van der Waals surface area contributed by atoms with Gasteiger partial charge >= 0.3 is 0 Å². The Morgan fingerprint density at radius 2 is 2.07 bits per heavy atom. The van der Waals surface area contributed by atoms with Crippen molar-refractivity contribution in [1.29, 1.82) is 0 Å². The Balaban J connectivity index is 1.72. The van der Waals surface area contributed by atoms with Gasteiger partial charge in [-0.1, -0.05) is 17.3 Å². The van der Waals surface area contributed by atoms with E-state index < -0.39 is 15.9 Å². The van der Waals surface area contributed by atoms with E-state index in [2.05, 4.69) is 10.1 Å². The van der Waals surface area contributed by atoms with Gasteiger partial charge in [-0.05, 0) is 23.6 Å². The molecule has 3 rings (SSSR count). The Morgan fingerprint density at radius 3 is 2.72 bits per heavy atom. The van der Waals surface area contributed by atoms with Crippen LogP contribution < -0.4 is 9.04 Å². The second-order valence-electron chi connectivity index (χ2n) is 6.21. The summed E-state index contributed by atoms with van der Waals surface area (Å²) in [5.41, 5.74) is 0.339. The zero-order valence-electron chi connectivity index (χ0n) is 16.1. The standard InChI is InChI=1S/C18H20N4O5S2/c1-21(11-16-19-18(20-27-16)15-8-5-9-28-15)17(23)12-22(29(3,24)25)13-6-4-7-14(10-13)26-2/h4-10H,11-12H2,1-3H3. The van der Waals surface area contributed by atoms with E-state index in [1.54, 1.807) is 31.3 Å². The predicted octanol–water partition coefficient (Wildman–Crippen LogP) is 2.23. The lowest BCUT2D eigenvalue weighted by Gasteiger charge is -2.24. The van der Waals surface area contributed by atoms with Crippen molar-refractivity contribution in [1.82, 2.24) is 15.0 Å². The lowest BCUT2D eigenvalue weighted by Crippen LogP contribution is -2.41. The van der Waals surface area contributed by atoms with Crippen LogP contribution in [0.3, 0.4) is 0 Å². The van der Waals surface area contributed by atoms with Crippen LogP contribution in [-0.4, -0.2) is 56.3 Å². The Labute approximate surface area is 172 Å². The van der Waals surface area contributed by atoms with Gasteiger partial charge in [0.25, 0.3) is 0 Å². The number of carbonyl (C=O) groups is 1. The monoisotopic (exact) mass is 436 g/mol. The van der Waals surface area contributed by atoms with Gasteiger partial charge in [0.15, 0.2) is 0 Å². The van der Waals surface area contributed by atoms with Crippen molar-refractivity contribution in [2.75, 3.05) is 31.3 Å². The number of hydrogen-bond acceptors (Lipinski definition) is 8. The van der Waals surface area contributed by atoms with E-state index in [-0.39, 0.29) is 19.0 Å². The van der Waals surface area contributed by atoms with Crippen LogP contribution in [0.2, 0.25) is 0 Å². The normalized spacial score (nSPS) is 11.3. The summed E-state index contributed by atoms with van der Waals surface area (Å²) >= 11 is 1.48. The first-order valence-electron chi connectivity index (χ1n) is 8.50. The van der Waals surface area contributed by atoms with Gasteiger partial charge in [0.2, 0.25) is 27.6 Å². The van der Waals surface area contributed by atoms with Crippen LogP contribution in [0.15, 0.2) is 46.3 Å². The summed E-state index contributed by atoms with van der Waals surface area (Å²) in [6, 6.07) is 10.3. The summed E-state index contributed by atoms with van der Waals surface area (Å²) < 4.78 is 35.9. The molecule has 0 unspecified atom stereocenters. The van der Waals surface area contributed by atoms with Crippen molar-refractivity contribution < 1.29 is 22.5 Å². The van der Waals surface area contributed by atoms with Gasteiger partial charge in [-0.15, -0.1) is 11.3 Å². The van der Waals surface area contributed by atoms with Crippen LogP contribution in [0.5, 0.6) is 5.75 Å². The van der Waals surface area contributed by atoms with E-state index in [4.69, 9.17) is 9.26 Å². The summed E-state index contributed by atoms with van der Waals surface area (Å²) in [4.78, 5) is 19.1.